The molecule has 3 rings (SSSR count). The maximum Gasteiger partial charge on any atom is 0.319 e. The lowest BCUT2D eigenvalue weighted by atomic mass is 10.1. The molecule has 1 aliphatic rings. The van der Waals surface area contributed by atoms with E-state index in [1.165, 1.54) is 22.3 Å². The van der Waals surface area contributed by atoms with Gasteiger partial charge in [0.1, 0.15) is 0 Å². The average Bonchev–Trinajstić information content (AvgIpc) is 2.98. The van der Waals surface area contributed by atoms with Crippen LogP contribution in [0.4, 0.5) is 10.5 Å². The van der Waals surface area contributed by atoms with Crippen molar-refractivity contribution in [3.63, 3.8) is 0 Å². The number of ether oxygens (including phenoxy) is 1. The number of amides is 2. The van der Waals surface area contributed by atoms with Gasteiger partial charge in [0.15, 0.2) is 0 Å². The summed E-state index contributed by atoms with van der Waals surface area (Å²) in [6.45, 7) is 4.26. The van der Waals surface area contributed by atoms with E-state index >= 15 is 0 Å². The van der Waals surface area contributed by atoms with Crippen LogP contribution in [0.3, 0.4) is 0 Å². The Kier molecular flexibility index (Phi) is 6.07. The van der Waals surface area contributed by atoms with Crippen LogP contribution in [0.25, 0.3) is 11.1 Å². The second-order valence-electron chi connectivity index (χ2n) is 6.41. The van der Waals surface area contributed by atoms with Gasteiger partial charge in [0.05, 0.1) is 0 Å². The summed E-state index contributed by atoms with van der Waals surface area (Å²) in [5, 5.41) is 5.80. The predicted octanol–water partition coefficient (Wildman–Crippen LogP) is 4.59. The number of unbranched alkanes of at least 4 members (excludes halogenated alkanes) is 1. The molecule has 2 N–H and O–H groups in total. The van der Waals surface area contributed by atoms with Crippen LogP contribution in [0.5, 0.6) is 0 Å². The van der Waals surface area contributed by atoms with Crippen LogP contribution in [-0.2, 0) is 11.2 Å². The monoisotopic (exact) mass is 338 g/mol. The van der Waals surface area contributed by atoms with Crippen molar-refractivity contribution in [2.24, 2.45) is 0 Å². The highest BCUT2D eigenvalue weighted by atomic mass is 16.5. The molecule has 2 aromatic rings. The van der Waals surface area contributed by atoms with Crippen LogP contribution in [0.15, 0.2) is 42.5 Å². The molecule has 0 saturated heterocycles. The second-order valence-corrected chi connectivity index (χ2v) is 6.41. The number of rotatable bonds is 8. The fourth-order valence-corrected chi connectivity index (χ4v) is 3.12. The summed E-state index contributed by atoms with van der Waals surface area (Å²) in [6, 6.07) is 14.4. The molecule has 0 bridgehead atoms. The largest absolute Gasteiger partial charge is 0.381 e. The van der Waals surface area contributed by atoms with Crippen LogP contribution in [0.2, 0.25) is 0 Å². The lowest BCUT2D eigenvalue weighted by Gasteiger charge is -2.09. The Morgan fingerprint density at radius 1 is 1.04 bits per heavy atom. The van der Waals surface area contributed by atoms with E-state index in [4.69, 9.17) is 4.74 Å². The molecule has 132 valence electrons. The standard InChI is InChI=1S/C21H26N2O2/c1-2-3-12-25-13-6-11-22-21(24)23-18-9-10-20-17(15-18)14-16-7-4-5-8-19(16)20/h4-5,7-10,15H,2-3,6,11-14H2,1H3,(H2,22,23,24). The molecule has 0 unspecified atom stereocenters. The molecule has 0 aliphatic heterocycles. The summed E-state index contributed by atoms with van der Waals surface area (Å²) in [5.41, 5.74) is 6.02. The molecular weight excluding hydrogens is 312 g/mol. The van der Waals surface area contributed by atoms with Crippen molar-refractivity contribution in [2.45, 2.75) is 32.6 Å². The first-order valence-electron chi connectivity index (χ1n) is 9.11. The van der Waals surface area contributed by atoms with Gasteiger partial charge in [0.25, 0.3) is 0 Å². The van der Waals surface area contributed by atoms with Crippen molar-refractivity contribution in [1.29, 1.82) is 0 Å². The molecule has 4 heteroatoms. The van der Waals surface area contributed by atoms with Gasteiger partial charge in [-0.1, -0.05) is 43.7 Å². The van der Waals surface area contributed by atoms with Gasteiger partial charge in [-0.25, -0.2) is 4.79 Å². The summed E-state index contributed by atoms with van der Waals surface area (Å²) in [5.74, 6) is 0. The Hall–Kier alpha value is -2.33. The van der Waals surface area contributed by atoms with Gasteiger partial charge < -0.3 is 15.4 Å². The van der Waals surface area contributed by atoms with Crippen LogP contribution in [0, 0.1) is 0 Å². The highest BCUT2D eigenvalue weighted by Crippen LogP contribution is 2.37. The van der Waals surface area contributed by atoms with E-state index in [1.807, 2.05) is 6.07 Å². The predicted molar refractivity (Wildman–Crippen MR) is 102 cm³/mol. The van der Waals surface area contributed by atoms with Crippen LogP contribution in [0.1, 0.15) is 37.3 Å². The first-order valence-corrected chi connectivity index (χ1v) is 9.11. The van der Waals surface area contributed by atoms with E-state index in [0.717, 1.165) is 38.0 Å². The third-order valence-electron chi connectivity index (χ3n) is 4.44. The van der Waals surface area contributed by atoms with E-state index in [0.29, 0.717) is 13.2 Å². The Labute approximate surface area is 149 Å². The minimum Gasteiger partial charge on any atom is -0.381 e. The lowest BCUT2D eigenvalue weighted by Crippen LogP contribution is -2.30. The fraction of sp³-hybridized carbons (Fsp3) is 0.381. The van der Waals surface area contributed by atoms with Gasteiger partial charge in [-0.2, -0.15) is 0 Å². The minimum absolute atomic E-state index is 0.163. The maximum atomic E-state index is 12.0. The fourth-order valence-electron chi connectivity index (χ4n) is 3.12. The Morgan fingerprint density at radius 3 is 2.72 bits per heavy atom. The third-order valence-corrected chi connectivity index (χ3v) is 4.44. The molecule has 0 heterocycles. The van der Waals surface area contributed by atoms with Gasteiger partial charge in [-0.3, -0.25) is 0 Å². The Bertz CT molecular complexity index is 728. The molecule has 2 amide bonds. The number of urea groups is 1. The van der Waals surface area contributed by atoms with E-state index in [2.05, 4.69) is 54.0 Å². The number of carbonyl (C=O) groups excluding carboxylic acids is 1. The molecule has 1 aliphatic carbocycles. The second kappa shape index (κ2) is 8.67. The molecule has 0 aromatic heterocycles. The third kappa shape index (κ3) is 4.60. The smallest absolute Gasteiger partial charge is 0.319 e. The normalized spacial score (nSPS) is 11.7. The topological polar surface area (TPSA) is 50.4 Å². The molecule has 0 atom stereocenters. The number of anilines is 1. The number of nitrogens with one attached hydrogen (secondary N) is 2. The van der Waals surface area contributed by atoms with E-state index in [1.54, 1.807) is 0 Å². The van der Waals surface area contributed by atoms with E-state index < -0.39 is 0 Å². The number of hydrogen-bond donors (Lipinski definition) is 2. The zero-order valence-corrected chi connectivity index (χ0v) is 14.8. The number of carbonyl (C=O) groups is 1. The van der Waals surface area contributed by atoms with Crippen molar-refractivity contribution in [2.75, 3.05) is 25.1 Å². The Morgan fingerprint density at radius 2 is 1.84 bits per heavy atom. The van der Waals surface area contributed by atoms with E-state index in [-0.39, 0.29) is 6.03 Å². The minimum atomic E-state index is -0.163. The zero-order chi connectivity index (χ0) is 17.5. The van der Waals surface area contributed by atoms with Crippen LogP contribution >= 0.6 is 0 Å². The first kappa shape index (κ1) is 17.5. The van der Waals surface area contributed by atoms with Crippen molar-refractivity contribution < 1.29 is 9.53 Å². The average molecular weight is 338 g/mol. The van der Waals surface area contributed by atoms with Gasteiger partial charge in [0, 0.05) is 25.4 Å². The zero-order valence-electron chi connectivity index (χ0n) is 14.8. The summed E-state index contributed by atoms with van der Waals surface area (Å²) in [6.07, 6.45) is 4.00. The van der Waals surface area contributed by atoms with Gasteiger partial charge in [-0.05, 0) is 53.6 Å². The van der Waals surface area contributed by atoms with Gasteiger partial charge in [0.2, 0.25) is 0 Å². The molecule has 4 nitrogen and oxygen atoms in total. The molecule has 0 radical (unpaired) electrons. The van der Waals surface area contributed by atoms with Gasteiger partial charge in [-0.15, -0.1) is 0 Å². The first-order chi connectivity index (χ1) is 12.3. The Balaban J connectivity index is 1.45. The van der Waals surface area contributed by atoms with Crippen LogP contribution < -0.4 is 10.6 Å². The SMILES string of the molecule is CCCCOCCCNC(=O)Nc1ccc2c(c1)Cc1ccccc1-2. The summed E-state index contributed by atoms with van der Waals surface area (Å²) in [4.78, 5) is 12.0. The quantitative estimate of drug-likeness (QED) is 0.590. The molecule has 0 saturated carbocycles. The summed E-state index contributed by atoms with van der Waals surface area (Å²) >= 11 is 0. The maximum absolute atomic E-state index is 12.0. The molecule has 0 fully saturated rings. The lowest BCUT2D eigenvalue weighted by molar-refractivity contribution is 0.129. The van der Waals surface area contributed by atoms with Crippen molar-refractivity contribution in [3.05, 3.63) is 53.6 Å². The number of hydrogen-bond acceptors (Lipinski definition) is 2. The molecule has 25 heavy (non-hydrogen) atoms. The van der Waals surface area contributed by atoms with Crippen molar-refractivity contribution >= 4 is 11.7 Å². The molecule has 0 spiro atoms. The molecular formula is C21H26N2O2. The van der Waals surface area contributed by atoms with Crippen molar-refractivity contribution in [3.8, 4) is 11.1 Å². The number of benzene rings is 2. The highest BCUT2D eigenvalue weighted by molar-refractivity contribution is 5.90. The van der Waals surface area contributed by atoms with E-state index in [9.17, 15) is 4.79 Å². The van der Waals surface area contributed by atoms with Crippen molar-refractivity contribution in [1.82, 2.24) is 5.32 Å². The van der Waals surface area contributed by atoms with Gasteiger partial charge >= 0.3 is 6.03 Å². The summed E-state index contributed by atoms with van der Waals surface area (Å²) in [7, 11) is 0. The highest BCUT2D eigenvalue weighted by Gasteiger charge is 2.18. The number of fused-ring (bicyclic) bond motifs is 3. The van der Waals surface area contributed by atoms with Crippen LogP contribution in [-0.4, -0.2) is 25.8 Å². The summed E-state index contributed by atoms with van der Waals surface area (Å²) < 4.78 is 5.48. The molecule has 2 aromatic carbocycles.